The van der Waals surface area contributed by atoms with Gasteiger partial charge in [0, 0.05) is 0 Å². The minimum absolute atomic E-state index is 0.289. The van der Waals surface area contributed by atoms with Crippen molar-refractivity contribution in [2.75, 3.05) is 20.2 Å². The second-order valence-electron chi connectivity index (χ2n) is 4.68. The summed E-state index contributed by atoms with van der Waals surface area (Å²) in [5.74, 6) is 1.94. The molecule has 0 spiro atoms. The second kappa shape index (κ2) is 6.54. The molecule has 5 heteroatoms. The van der Waals surface area contributed by atoms with E-state index in [1.165, 1.54) is 6.33 Å². The van der Waals surface area contributed by atoms with Gasteiger partial charge in [-0.3, -0.25) is 0 Å². The largest absolute Gasteiger partial charge is 0.478 e. The van der Waals surface area contributed by atoms with E-state index in [9.17, 15) is 0 Å². The van der Waals surface area contributed by atoms with E-state index < -0.39 is 0 Å². The summed E-state index contributed by atoms with van der Waals surface area (Å²) in [6.07, 6.45) is 4.93. The number of aromatic nitrogens is 2. The highest BCUT2D eigenvalue weighted by atomic mass is 16.5. The van der Waals surface area contributed by atoms with Gasteiger partial charge in [0.05, 0.1) is 12.7 Å². The van der Waals surface area contributed by atoms with Crippen LogP contribution in [-0.4, -0.2) is 36.3 Å². The van der Waals surface area contributed by atoms with E-state index in [-0.39, 0.29) is 6.10 Å². The molecule has 0 bridgehead atoms. The molecular weight excluding hydrogens is 230 g/mol. The Labute approximate surface area is 108 Å². The van der Waals surface area contributed by atoms with Crippen molar-refractivity contribution in [3.63, 3.8) is 0 Å². The van der Waals surface area contributed by atoms with E-state index in [2.05, 4.69) is 22.2 Å². The van der Waals surface area contributed by atoms with Crippen molar-refractivity contribution < 1.29 is 9.47 Å². The SMILES string of the molecule is CCCOc1cc(OC2CC(CNC)C2)ncn1. The third-order valence-electron chi connectivity index (χ3n) is 3.04. The number of hydrogen-bond acceptors (Lipinski definition) is 5. The van der Waals surface area contributed by atoms with Crippen molar-refractivity contribution in [3.05, 3.63) is 12.4 Å². The Morgan fingerprint density at radius 2 is 2.11 bits per heavy atom. The van der Waals surface area contributed by atoms with E-state index in [1.807, 2.05) is 7.05 Å². The van der Waals surface area contributed by atoms with E-state index in [4.69, 9.17) is 9.47 Å². The molecule has 1 heterocycles. The fraction of sp³-hybridized carbons (Fsp3) is 0.692. The van der Waals surface area contributed by atoms with Gasteiger partial charge in [-0.25, -0.2) is 9.97 Å². The molecule has 0 unspecified atom stereocenters. The van der Waals surface area contributed by atoms with Crippen LogP contribution in [0.2, 0.25) is 0 Å². The first kappa shape index (κ1) is 13.1. The fourth-order valence-corrected chi connectivity index (χ4v) is 2.07. The van der Waals surface area contributed by atoms with Crippen LogP contribution in [0.15, 0.2) is 12.4 Å². The van der Waals surface area contributed by atoms with Crippen LogP contribution in [0.1, 0.15) is 26.2 Å². The van der Waals surface area contributed by atoms with E-state index in [0.29, 0.717) is 18.4 Å². The van der Waals surface area contributed by atoms with Crippen molar-refractivity contribution in [2.24, 2.45) is 5.92 Å². The highest BCUT2D eigenvalue weighted by molar-refractivity contribution is 5.18. The van der Waals surface area contributed by atoms with Crippen molar-refractivity contribution in [2.45, 2.75) is 32.3 Å². The van der Waals surface area contributed by atoms with Gasteiger partial charge in [0.2, 0.25) is 11.8 Å². The van der Waals surface area contributed by atoms with Crippen molar-refractivity contribution >= 4 is 0 Å². The lowest BCUT2D eigenvalue weighted by Crippen LogP contribution is -2.38. The molecule has 1 N–H and O–H groups in total. The maximum Gasteiger partial charge on any atom is 0.220 e. The summed E-state index contributed by atoms with van der Waals surface area (Å²) in [7, 11) is 1.98. The Bertz CT molecular complexity index is 367. The maximum absolute atomic E-state index is 5.79. The topological polar surface area (TPSA) is 56.3 Å². The van der Waals surface area contributed by atoms with Crippen LogP contribution in [-0.2, 0) is 0 Å². The van der Waals surface area contributed by atoms with Crippen LogP contribution in [0.3, 0.4) is 0 Å². The normalized spacial score (nSPS) is 22.3. The molecule has 5 nitrogen and oxygen atoms in total. The summed E-state index contributed by atoms with van der Waals surface area (Å²) in [6, 6.07) is 1.76. The molecule has 1 aliphatic rings. The summed E-state index contributed by atoms with van der Waals surface area (Å²) >= 11 is 0. The Hall–Kier alpha value is -1.36. The molecule has 18 heavy (non-hydrogen) atoms. The van der Waals surface area contributed by atoms with Crippen molar-refractivity contribution in [3.8, 4) is 11.8 Å². The highest BCUT2D eigenvalue weighted by Gasteiger charge is 2.30. The summed E-state index contributed by atoms with van der Waals surface area (Å²) < 4.78 is 11.2. The summed E-state index contributed by atoms with van der Waals surface area (Å²) in [5, 5.41) is 3.19. The maximum atomic E-state index is 5.79. The van der Waals surface area contributed by atoms with Crippen LogP contribution >= 0.6 is 0 Å². The highest BCUT2D eigenvalue weighted by Crippen LogP contribution is 2.30. The molecule has 1 saturated carbocycles. The molecule has 0 aromatic carbocycles. The van der Waals surface area contributed by atoms with Crippen LogP contribution in [0.5, 0.6) is 11.8 Å². The Balaban J connectivity index is 1.79. The lowest BCUT2D eigenvalue weighted by Gasteiger charge is -2.34. The van der Waals surface area contributed by atoms with Crippen LogP contribution in [0.4, 0.5) is 0 Å². The fourth-order valence-electron chi connectivity index (χ4n) is 2.07. The van der Waals surface area contributed by atoms with Gasteiger partial charge in [-0.05, 0) is 38.8 Å². The standard InChI is InChI=1S/C13H21N3O2/c1-3-4-17-12-7-13(16-9-15-12)18-11-5-10(6-11)8-14-2/h7,9-11,14H,3-6,8H2,1-2H3. The van der Waals surface area contributed by atoms with E-state index in [0.717, 1.165) is 31.7 Å². The minimum atomic E-state index is 0.289. The zero-order valence-electron chi connectivity index (χ0n) is 11.1. The first-order valence-electron chi connectivity index (χ1n) is 6.58. The first-order valence-corrected chi connectivity index (χ1v) is 6.58. The lowest BCUT2D eigenvalue weighted by molar-refractivity contribution is 0.0612. The number of nitrogens with zero attached hydrogens (tertiary/aromatic N) is 2. The average molecular weight is 251 g/mol. The van der Waals surface area contributed by atoms with Gasteiger partial charge in [-0.15, -0.1) is 0 Å². The minimum Gasteiger partial charge on any atom is -0.478 e. The molecule has 1 fully saturated rings. The second-order valence-corrected chi connectivity index (χ2v) is 4.68. The molecule has 0 radical (unpaired) electrons. The van der Waals surface area contributed by atoms with Crippen LogP contribution in [0.25, 0.3) is 0 Å². The summed E-state index contributed by atoms with van der Waals surface area (Å²) in [6.45, 7) is 3.80. The van der Waals surface area contributed by atoms with Gasteiger partial charge in [0.25, 0.3) is 0 Å². The van der Waals surface area contributed by atoms with Crippen LogP contribution in [0, 0.1) is 5.92 Å². The van der Waals surface area contributed by atoms with Crippen LogP contribution < -0.4 is 14.8 Å². The number of ether oxygens (including phenoxy) is 2. The number of hydrogen-bond donors (Lipinski definition) is 1. The molecule has 100 valence electrons. The van der Waals surface area contributed by atoms with Gasteiger partial charge >= 0.3 is 0 Å². The molecule has 0 atom stereocenters. The van der Waals surface area contributed by atoms with Crippen molar-refractivity contribution in [1.29, 1.82) is 0 Å². The molecule has 0 saturated heterocycles. The molecule has 1 aromatic rings. The van der Waals surface area contributed by atoms with Gasteiger partial charge in [-0.1, -0.05) is 6.92 Å². The molecule has 0 aliphatic heterocycles. The zero-order chi connectivity index (χ0) is 12.8. The van der Waals surface area contributed by atoms with E-state index in [1.54, 1.807) is 6.07 Å². The smallest absolute Gasteiger partial charge is 0.220 e. The predicted octanol–water partition coefficient (Wildman–Crippen LogP) is 1.64. The monoisotopic (exact) mass is 251 g/mol. The van der Waals surface area contributed by atoms with E-state index >= 15 is 0 Å². The third-order valence-corrected chi connectivity index (χ3v) is 3.04. The number of rotatable bonds is 7. The quantitative estimate of drug-likeness (QED) is 0.798. The Morgan fingerprint density at radius 1 is 1.33 bits per heavy atom. The van der Waals surface area contributed by atoms with Gasteiger partial charge in [0.1, 0.15) is 12.4 Å². The van der Waals surface area contributed by atoms with Gasteiger partial charge < -0.3 is 14.8 Å². The average Bonchev–Trinajstić information content (AvgIpc) is 2.34. The zero-order valence-corrected chi connectivity index (χ0v) is 11.1. The Kier molecular flexibility index (Phi) is 4.75. The third kappa shape index (κ3) is 3.57. The molecule has 0 amide bonds. The molecule has 1 aromatic heterocycles. The van der Waals surface area contributed by atoms with Crippen molar-refractivity contribution in [1.82, 2.24) is 15.3 Å². The lowest BCUT2D eigenvalue weighted by atomic mass is 9.82. The number of nitrogens with one attached hydrogen (secondary N) is 1. The molecular formula is C13H21N3O2. The molecule has 1 aliphatic carbocycles. The summed E-state index contributed by atoms with van der Waals surface area (Å²) in [5.41, 5.74) is 0. The summed E-state index contributed by atoms with van der Waals surface area (Å²) in [4.78, 5) is 8.16. The Morgan fingerprint density at radius 3 is 2.83 bits per heavy atom. The first-order chi connectivity index (χ1) is 8.81. The van der Waals surface area contributed by atoms with Gasteiger partial charge in [0.15, 0.2) is 0 Å². The molecule has 2 rings (SSSR count). The predicted molar refractivity (Wildman–Crippen MR) is 68.9 cm³/mol. The van der Waals surface area contributed by atoms with Gasteiger partial charge in [-0.2, -0.15) is 0 Å².